The highest BCUT2D eigenvalue weighted by Gasteiger charge is 2.11. The van der Waals surface area contributed by atoms with E-state index in [9.17, 15) is 0 Å². The third kappa shape index (κ3) is 4.30. The lowest BCUT2D eigenvalue weighted by Gasteiger charge is -2.14. The maximum atomic E-state index is 6.01. The van der Waals surface area contributed by atoms with E-state index in [2.05, 4.69) is 37.1 Å². The summed E-state index contributed by atoms with van der Waals surface area (Å²) in [5.41, 5.74) is 4.55. The van der Waals surface area contributed by atoms with Crippen LogP contribution in [0.3, 0.4) is 0 Å². The van der Waals surface area contributed by atoms with Crippen molar-refractivity contribution < 1.29 is 4.74 Å². The van der Waals surface area contributed by atoms with Crippen LogP contribution in [-0.4, -0.2) is 11.5 Å². The second-order valence-corrected chi connectivity index (χ2v) is 5.46. The van der Waals surface area contributed by atoms with Gasteiger partial charge in [0.15, 0.2) is 0 Å². The van der Waals surface area contributed by atoms with Crippen LogP contribution in [0.1, 0.15) is 35.7 Å². The molecule has 0 atom stereocenters. The molecule has 2 rings (SSSR count). The average molecular weight is 284 g/mol. The maximum Gasteiger partial charge on any atom is 0.224 e. The number of hydrogen-bond donors (Lipinski definition) is 1. The van der Waals surface area contributed by atoms with Gasteiger partial charge in [-0.25, -0.2) is 4.98 Å². The summed E-state index contributed by atoms with van der Waals surface area (Å²) in [5, 5.41) is 3.43. The van der Waals surface area contributed by atoms with Gasteiger partial charge in [-0.1, -0.05) is 24.6 Å². The van der Waals surface area contributed by atoms with E-state index in [-0.39, 0.29) is 0 Å². The number of pyridine rings is 1. The normalized spacial score (nSPS) is 10.7. The zero-order chi connectivity index (χ0) is 15.2. The quantitative estimate of drug-likeness (QED) is 0.803. The molecular weight excluding hydrogens is 260 g/mol. The van der Waals surface area contributed by atoms with Gasteiger partial charge in [0.1, 0.15) is 5.75 Å². The zero-order valence-corrected chi connectivity index (χ0v) is 13.4. The summed E-state index contributed by atoms with van der Waals surface area (Å²) in [4.78, 5) is 4.57. The average Bonchev–Trinajstić information content (AvgIpc) is 2.44. The molecule has 1 aromatic heterocycles. The van der Waals surface area contributed by atoms with Crippen molar-refractivity contribution in [3.8, 4) is 11.6 Å². The second kappa shape index (κ2) is 7.23. The lowest BCUT2D eigenvalue weighted by molar-refractivity contribution is 0.450. The van der Waals surface area contributed by atoms with Crippen molar-refractivity contribution in [2.75, 3.05) is 6.54 Å². The Kier molecular flexibility index (Phi) is 5.34. The van der Waals surface area contributed by atoms with E-state index in [1.807, 2.05) is 31.2 Å². The van der Waals surface area contributed by atoms with Crippen molar-refractivity contribution in [3.05, 3.63) is 52.7 Å². The first kappa shape index (κ1) is 15.5. The zero-order valence-electron chi connectivity index (χ0n) is 13.4. The molecule has 0 aliphatic rings. The molecule has 112 valence electrons. The number of hydrogen-bond acceptors (Lipinski definition) is 3. The van der Waals surface area contributed by atoms with Crippen LogP contribution in [0.25, 0.3) is 0 Å². The van der Waals surface area contributed by atoms with E-state index in [1.165, 1.54) is 11.1 Å². The monoisotopic (exact) mass is 284 g/mol. The number of nitrogens with zero attached hydrogens (tertiary/aromatic N) is 1. The summed E-state index contributed by atoms with van der Waals surface area (Å²) >= 11 is 0. The van der Waals surface area contributed by atoms with Gasteiger partial charge in [-0.2, -0.15) is 0 Å². The molecule has 0 unspecified atom stereocenters. The number of nitrogens with one attached hydrogen (secondary N) is 1. The van der Waals surface area contributed by atoms with E-state index >= 15 is 0 Å². The van der Waals surface area contributed by atoms with Crippen LogP contribution in [-0.2, 0) is 6.54 Å². The van der Waals surface area contributed by atoms with Crippen LogP contribution in [0.4, 0.5) is 0 Å². The molecule has 0 radical (unpaired) electrons. The molecule has 1 heterocycles. The van der Waals surface area contributed by atoms with Gasteiger partial charge in [-0.15, -0.1) is 0 Å². The van der Waals surface area contributed by atoms with Gasteiger partial charge in [0.25, 0.3) is 0 Å². The van der Waals surface area contributed by atoms with Crippen LogP contribution in [0.2, 0.25) is 0 Å². The van der Waals surface area contributed by atoms with E-state index in [1.54, 1.807) is 0 Å². The Labute approximate surface area is 127 Å². The maximum absolute atomic E-state index is 6.01. The Morgan fingerprint density at radius 2 is 1.81 bits per heavy atom. The van der Waals surface area contributed by atoms with Gasteiger partial charge in [0.05, 0.1) is 0 Å². The number of benzene rings is 1. The lowest BCUT2D eigenvalue weighted by atomic mass is 10.1. The molecule has 0 aliphatic heterocycles. The highest BCUT2D eigenvalue weighted by atomic mass is 16.5. The van der Waals surface area contributed by atoms with Crippen LogP contribution in [0.15, 0.2) is 30.3 Å². The van der Waals surface area contributed by atoms with Crippen molar-refractivity contribution in [3.63, 3.8) is 0 Å². The fraction of sp³-hybridized carbons (Fsp3) is 0.389. The molecule has 0 spiro atoms. The molecule has 1 aromatic carbocycles. The van der Waals surface area contributed by atoms with Gasteiger partial charge in [-0.05, 0) is 57.5 Å². The number of aryl methyl sites for hydroxylation is 3. The largest absolute Gasteiger partial charge is 0.439 e. The van der Waals surface area contributed by atoms with Crippen molar-refractivity contribution >= 4 is 0 Å². The molecule has 3 nitrogen and oxygen atoms in total. The SMILES string of the molecule is CCCNCc1c(C)cc(C)nc1Oc1ccc(C)cc1. The number of rotatable bonds is 6. The number of ether oxygens (including phenoxy) is 1. The molecular formula is C18H24N2O. The second-order valence-electron chi connectivity index (χ2n) is 5.46. The number of aromatic nitrogens is 1. The summed E-state index contributed by atoms with van der Waals surface area (Å²) in [6, 6.07) is 10.2. The van der Waals surface area contributed by atoms with Gasteiger partial charge in [0, 0.05) is 17.8 Å². The van der Waals surface area contributed by atoms with Gasteiger partial charge in [0.2, 0.25) is 5.88 Å². The summed E-state index contributed by atoms with van der Waals surface area (Å²) in [6.45, 7) is 10.1. The Balaban J connectivity index is 2.25. The van der Waals surface area contributed by atoms with Crippen molar-refractivity contribution in [1.29, 1.82) is 0 Å². The smallest absolute Gasteiger partial charge is 0.224 e. The Bertz CT molecular complexity index is 591. The predicted octanol–water partition coefficient (Wildman–Crippen LogP) is 4.30. The topological polar surface area (TPSA) is 34.2 Å². The van der Waals surface area contributed by atoms with E-state index < -0.39 is 0 Å². The predicted molar refractivity (Wildman–Crippen MR) is 87.0 cm³/mol. The fourth-order valence-corrected chi connectivity index (χ4v) is 2.24. The minimum atomic E-state index is 0.708. The van der Waals surface area contributed by atoms with Gasteiger partial charge in [-0.3, -0.25) is 0 Å². The van der Waals surface area contributed by atoms with Crippen molar-refractivity contribution in [2.24, 2.45) is 0 Å². The molecule has 0 fully saturated rings. The Morgan fingerprint density at radius 1 is 1.10 bits per heavy atom. The fourth-order valence-electron chi connectivity index (χ4n) is 2.24. The molecule has 0 saturated carbocycles. The van der Waals surface area contributed by atoms with Gasteiger partial charge < -0.3 is 10.1 Å². The Hall–Kier alpha value is -1.87. The van der Waals surface area contributed by atoms with E-state index in [0.29, 0.717) is 5.88 Å². The van der Waals surface area contributed by atoms with Crippen molar-refractivity contribution in [2.45, 2.75) is 40.7 Å². The third-order valence-electron chi connectivity index (χ3n) is 3.40. The minimum Gasteiger partial charge on any atom is -0.439 e. The van der Waals surface area contributed by atoms with Crippen LogP contribution in [0, 0.1) is 20.8 Å². The van der Waals surface area contributed by atoms with E-state index in [0.717, 1.165) is 36.5 Å². The van der Waals surface area contributed by atoms with Gasteiger partial charge >= 0.3 is 0 Å². The molecule has 0 aliphatic carbocycles. The summed E-state index contributed by atoms with van der Waals surface area (Å²) in [6.07, 6.45) is 1.12. The molecule has 3 heteroatoms. The Morgan fingerprint density at radius 3 is 2.48 bits per heavy atom. The summed E-state index contributed by atoms with van der Waals surface area (Å²) in [5.74, 6) is 1.54. The third-order valence-corrected chi connectivity index (χ3v) is 3.40. The summed E-state index contributed by atoms with van der Waals surface area (Å²) < 4.78 is 6.01. The first-order valence-corrected chi connectivity index (χ1v) is 7.52. The summed E-state index contributed by atoms with van der Waals surface area (Å²) in [7, 11) is 0. The molecule has 1 N–H and O–H groups in total. The molecule has 21 heavy (non-hydrogen) atoms. The van der Waals surface area contributed by atoms with Crippen molar-refractivity contribution in [1.82, 2.24) is 10.3 Å². The highest BCUT2D eigenvalue weighted by Crippen LogP contribution is 2.26. The first-order chi connectivity index (χ1) is 10.1. The van der Waals surface area contributed by atoms with Crippen LogP contribution >= 0.6 is 0 Å². The highest BCUT2D eigenvalue weighted by molar-refractivity contribution is 5.39. The van der Waals surface area contributed by atoms with E-state index in [4.69, 9.17) is 4.74 Å². The van der Waals surface area contributed by atoms with Crippen LogP contribution < -0.4 is 10.1 Å². The minimum absolute atomic E-state index is 0.708. The van der Waals surface area contributed by atoms with Crippen LogP contribution in [0.5, 0.6) is 11.6 Å². The molecule has 0 saturated heterocycles. The molecule has 0 bridgehead atoms. The lowest BCUT2D eigenvalue weighted by Crippen LogP contribution is -2.16. The molecule has 2 aromatic rings. The molecule has 0 amide bonds. The first-order valence-electron chi connectivity index (χ1n) is 7.52. The standard InChI is InChI=1S/C18H24N2O/c1-5-10-19-12-17-14(3)11-15(4)20-18(17)21-16-8-6-13(2)7-9-16/h6-9,11,19H,5,10,12H2,1-4H3.